The molecule has 1 aromatic carbocycles. The van der Waals surface area contributed by atoms with Crippen LogP contribution in [0.2, 0.25) is 0 Å². The van der Waals surface area contributed by atoms with Crippen molar-refractivity contribution >= 4 is 0 Å². The number of ether oxygens (including phenoxy) is 1. The molecule has 2 rings (SSSR count). The van der Waals surface area contributed by atoms with Gasteiger partial charge in [0, 0.05) is 12.1 Å². The van der Waals surface area contributed by atoms with Gasteiger partial charge < -0.3 is 15.2 Å². The third-order valence-electron chi connectivity index (χ3n) is 3.98. The Labute approximate surface area is 116 Å². The zero-order valence-electron chi connectivity index (χ0n) is 11.6. The smallest absolute Gasteiger partial charge is 0.0698 e. The SMILES string of the molecule is OCCOCCNC1(c2ccccc2)CCCCC1. The Balaban J connectivity index is 1.95. The molecule has 0 aliphatic heterocycles. The first-order chi connectivity index (χ1) is 9.37. The van der Waals surface area contributed by atoms with Crippen molar-refractivity contribution in [1.82, 2.24) is 5.32 Å². The Bertz CT molecular complexity index is 347. The van der Waals surface area contributed by atoms with Crippen LogP contribution in [-0.2, 0) is 10.3 Å². The summed E-state index contributed by atoms with van der Waals surface area (Å²) in [6.07, 6.45) is 6.34. The summed E-state index contributed by atoms with van der Waals surface area (Å²) in [6.45, 7) is 2.04. The van der Waals surface area contributed by atoms with Gasteiger partial charge in [0.1, 0.15) is 0 Å². The van der Waals surface area contributed by atoms with E-state index in [0.717, 1.165) is 6.54 Å². The molecule has 0 amide bonds. The van der Waals surface area contributed by atoms with Crippen molar-refractivity contribution in [1.29, 1.82) is 0 Å². The fraction of sp³-hybridized carbons (Fsp3) is 0.625. The van der Waals surface area contributed by atoms with Gasteiger partial charge in [-0.15, -0.1) is 0 Å². The predicted molar refractivity (Wildman–Crippen MR) is 77.1 cm³/mol. The zero-order valence-corrected chi connectivity index (χ0v) is 11.6. The molecule has 3 heteroatoms. The second-order valence-corrected chi connectivity index (χ2v) is 5.27. The molecule has 0 aromatic heterocycles. The van der Waals surface area contributed by atoms with Crippen LogP contribution in [0.1, 0.15) is 37.7 Å². The van der Waals surface area contributed by atoms with Crippen molar-refractivity contribution < 1.29 is 9.84 Å². The minimum absolute atomic E-state index is 0.101. The molecule has 3 nitrogen and oxygen atoms in total. The lowest BCUT2D eigenvalue weighted by Crippen LogP contribution is -2.45. The molecule has 0 atom stereocenters. The summed E-state index contributed by atoms with van der Waals surface area (Å²) in [5.74, 6) is 0. The summed E-state index contributed by atoms with van der Waals surface area (Å²) in [6, 6.07) is 10.8. The number of hydrogen-bond donors (Lipinski definition) is 2. The van der Waals surface area contributed by atoms with Crippen LogP contribution in [0.15, 0.2) is 30.3 Å². The van der Waals surface area contributed by atoms with Crippen molar-refractivity contribution in [2.24, 2.45) is 0 Å². The molecule has 1 fully saturated rings. The van der Waals surface area contributed by atoms with Gasteiger partial charge in [-0.2, -0.15) is 0 Å². The Morgan fingerprint density at radius 3 is 2.47 bits per heavy atom. The molecule has 0 heterocycles. The number of aliphatic hydroxyl groups excluding tert-OH is 1. The van der Waals surface area contributed by atoms with E-state index in [9.17, 15) is 0 Å². The largest absolute Gasteiger partial charge is 0.394 e. The average Bonchev–Trinajstić information content (AvgIpc) is 2.49. The fourth-order valence-corrected chi connectivity index (χ4v) is 3.01. The first-order valence-corrected chi connectivity index (χ1v) is 7.36. The molecule has 19 heavy (non-hydrogen) atoms. The minimum atomic E-state index is 0.101. The Morgan fingerprint density at radius 2 is 1.79 bits per heavy atom. The van der Waals surface area contributed by atoms with Crippen molar-refractivity contribution in [2.75, 3.05) is 26.4 Å². The summed E-state index contributed by atoms with van der Waals surface area (Å²) < 4.78 is 5.34. The summed E-state index contributed by atoms with van der Waals surface area (Å²) in [5.41, 5.74) is 1.53. The molecule has 0 saturated heterocycles. The zero-order chi connectivity index (χ0) is 13.4. The van der Waals surface area contributed by atoms with Crippen LogP contribution in [0.25, 0.3) is 0 Å². The molecule has 1 aliphatic rings. The van der Waals surface area contributed by atoms with E-state index < -0.39 is 0 Å². The van der Waals surface area contributed by atoms with Crippen LogP contribution in [0, 0.1) is 0 Å². The van der Waals surface area contributed by atoms with E-state index in [1.807, 2.05) is 0 Å². The first kappa shape index (κ1) is 14.5. The summed E-state index contributed by atoms with van der Waals surface area (Å²) in [5, 5.41) is 12.4. The first-order valence-electron chi connectivity index (χ1n) is 7.36. The maximum absolute atomic E-state index is 8.70. The molecule has 0 spiro atoms. The highest BCUT2D eigenvalue weighted by Gasteiger charge is 2.32. The van der Waals surface area contributed by atoms with Gasteiger partial charge >= 0.3 is 0 Å². The summed E-state index contributed by atoms with van der Waals surface area (Å²) in [4.78, 5) is 0. The Kier molecular flexibility index (Phi) is 5.83. The molecular formula is C16H25NO2. The van der Waals surface area contributed by atoms with Crippen molar-refractivity contribution in [3.63, 3.8) is 0 Å². The van der Waals surface area contributed by atoms with E-state index in [4.69, 9.17) is 9.84 Å². The van der Waals surface area contributed by atoms with Crippen LogP contribution in [0.3, 0.4) is 0 Å². The van der Waals surface area contributed by atoms with Crippen molar-refractivity contribution in [3.05, 3.63) is 35.9 Å². The quantitative estimate of drug-likeness (QED) is 0.742. The third kappa shape index (κ3) is 4.03. The second kappa shape index (κ2) is 7.63. The third-order valence-corrected chi connectivity index (χ3v) is 3.98. The lowest BCUT2D eigenvalue weighted by atomic mass is 9.76. The standard InChI is InChI=1S/C16H25NO2/c18-12-14-19-13-11-17-16(9-5-2-6-10-16)15-7-3-1-4-8-15/h1,3-4,7-8,17-18H,2,5-6,9-14H2. The minimum Gasteiger partial charge on any atom is -0.394 e. The van der Waals surface area contributed by atoms with Gasteiger partial charge in [0.25, 0.3) is 0 Å². The van der Waals surface area contributed by atoms with Crippen LogP contribution in [0.5, 0.6) is 0 Å². The molecule has 106 valence electrons. The normalized spacial score (nSPS) is 18.4. The van der Waals surface area contributed by atoms with Gasteiger partial charge in [-0.3, -0.25) is 0 Å². The highest BCUT2D eigenvalue weighted by molar-refractivity contribution is 5.25. The molecule has 1 aliphatic carbocycles. The maximum atomic E-state index is 8.70. The van der Waals surface area contributed by atoms with Gasteiger partial charge in [-0.25, -0.2) is 0 Å². The number of nitrogens with one attached hydrogen (secondary N) is 1. The van der Waals surface area contributed by atoms with E-state index >= 15 is 0 Å². The van der Waals surface area contributed by atoms with Crippen molar-refractivity contribution in [3.8, 4) is 0 Å². The monoisotopic (exact) mass is 263 g/mol. The molecule has 0 bridgehead atoms. The van der Waals surface area contributed by atoms with Crippen LogP contribution in [-0.4, -0.2) is 31.5 Å². The molecule has 0 radical (unpaired) electrons. The number of benzene rings is 1. The molecule has 1 saturated carbocycles. The second-order valence-electron chi connectivity index (χ2n) is 5.27. The highest BCUT2D eigenvalue weighted by atomic mass is 16.5. The van der Waals surface area contributed by atoms with E-state index in [1.165, 1.54) is 37.7 Å². The van der Waals surface area contributed by atoms with Gasteiger partial charge in [0.05, 0.1) is 19.8 Å². The Hall–Kier alpha value is -0.900. The summed E-state index contributed by atoms with van der Waals surface area (Å²) in [7, 11) is 0. The molecule has 1 aromatic rings. The van der Waals surface area contributed by atoms with Gasteiger partial charge in [-0.05, 0) is 18.4 Å². The van der Waals surface area contributed by atoms with Gasteiger partial charge in [0.15, 0.2) is 0 Å². The number of rotatable bonds is 7. The van der Waals surface area contributed by atoms with Crippen LogP contribution < -0.4 is 5.32 Å². The fourth-order valence-electron chi connectivity index (χ4n) is 3.01. The van der Waals surface area contributed by atoms with Gasteiger partial charge in [0.2, 0.25) is 0 Å². The van der Waals surface area contributed by atoms with Crippen LogP contribution in [0.4, 0.5) is 0 Å². The number of aliphatic hydroxyl groups is 1. The number of hydrogen-bond acceptors (Lipinski definition) is 3. The Morgan fingerprint density at radius 1 is 1.05 bits per heavy atom. The lowest BCUT2D eigenvalue weighted by molar-refractivity contribution is 0.0860. The van der Waals surface area contributed by atoms with Crippen molar-refractivity contribution in [2.45, 2.75) is 37.6 Å². The summed E-state index contributed by atoms with van der Waals surface area (Å²) >= 11 is 0. The molecular weight excluding hydrogens is 238 g/mol. The van der Waals surface area contributed by atoms with E-state index in [1.54, 1.807) is 0 Å². The topological polar surface area (TPSA) is 41.5 Å². The average molecular weight is 263 g/mol. The maximum Gasteiger partial charge on any atom is 0.0698 e. The lowest BCUT2D eigenvalue weighted by Gasteiger charge is -2.39. The molecule has 0 unspecified atom stereocenters. The predicted octanol–water partition coefficient (Wildman–Crippen LogP) is 2.44. The van der Waals surface area contributed by atoms with E-state index in [-0.39, 0.29) is 12.1 Å². The van der Waals surface area contributed by atoms with Gasteiger partial charge in [-0.1, -0.05) is 49.6 Å². The molecule has 2 N–H and O–H groups in total. The highest BCUT2D eigenvalue weighted by Crippen LogP contribution is 2.36. The van der Waals surface area contributed by atoms with Crippen LogP contribution >= 0.6 is 0 Å². The van der Waals surface area contributed by atoms with E-state index in [0.29, 0.717) is 13.2 Å². The van der Waals surface area contributed by atoms with E-state index in [2.05, 4.69) is 35.6 Å².